The molecule has 0 atom stereocenters. The van der Waals surface area contributed by atoms with Crippen LogP contribution in [0, 0.1) is 11.6 Å². The first-order valence-electron chi connectivity index (χ1n) is 5.65. The third kappa shape index (κ3) is 2.22. The van der Waals surface area contributed by atoms with E-state index in [1.54, 1.807) is 41.5 Å². The van der Waals surface area contributed by atoms with Gasteiger partial charge in [-0.3, -0.25) is 4.57 Å². The zero-order valence-electron chi connectivity index (χ0n) is 9.79. The largest absolute Gasteiger partial charge is 0.292 e. The van der Waals surface area contributed by atoms with Gasteiger partial charge in [0.2, 0.25) is 5.95 Å². The van der Waals surface area contributed by atoms with E-state index in [0.29, 0.717) is 17.1 Å². The maximum atomic E-state index is 13.7. The fraction of sp³-hybridized carbons (Fsp3) is 0. The van der Waals surface area contributed by atoms with Gasteiger partial charge in [0, 0.05) is 42.0 Å². The summed E-state index contributed by atoms with van der Waals surface area (Å²) in [5.41, 5.74) is 0.987. The summed E-state index contributed by atoms with van der Waals surface area (Å²) in [5.74, 6) is -0.685. The molecule has 0 fully saturated rings. The highest BCUT2D eigenvalue weighted by Crippen LogP contribution is 2.24. The summed E-state index contributed by atoms with van der Waals surface area (Å²) in [6.45, 7) is 0. The molecule has 0 aliphatic rings. The number of aromatic nitrogens is 3. The van der Waals surface area contributed by atoms with Gasteiger partial charge in [0.05, 0.1) is 0 Å². The lowest BCUT2D eigenvalue weighted by Crippen LogP contribution is -1.96. The van der Waals surface area contributed by atoms with Gasteiger partial charge in [-0.25, -0.2) is 18.7 Å². The highest BCUT2D eigenvalue weighted by atomic mass is 19.1. The van der Waals surface area contributed by atoms with Crippen LogP contribution >= 0.6 is 0 Å². The van der Waals surface area contributed by atoms with Crippen molar-refractivity contribution < 1.29 is 8.78 Å². The Labute approximate surface area is 108 Å². The van der Waals surface area contributed by atoms with Crippen LogP contribution in [0.3, 0.4) is 0 Å². The van der Waals surface area contributed by atoms with Gasteiger partial charge in [-0.2, -0.15) is 0 Å². The minimum absolute atomic E-state index is 0.344. The summed E-state index contributed by atoms with van der Waals surface area (Å²) in [6, 6.07) is 6.96. The van der Waals surface area contributed by atoms with Gasteiger partial charge in [-0.05, 0) is 24.3 Å². The fourth-order valence-corrected chi connectivity index (χ4v) is 1.83. The van der Waals surface area contributed by atoms with Crippen molar-refractivity contribution in [3.05, 3.63) is 66.8 Å². The van der Waals surface area contributed by atoms with Crippen LogP contribution in [0.15, 0.2) is 55.1 Å². The van der Waals surface area contributed by atoms with Crippen molar-refractivity contribution in [1.82, 2.24) is 14.5 Å². The first kappa shape index (κ1) is 11.5. The minimum Gasteiger partial charge on any atom is -0.292 e. The predicted octanol–water partition coefficient (Wildman–Crippen LogP) is 3.21. The molecule has 0 unspecified atom stereocenters. The second-order valence-electron chi connectivity index (χ2n) is 3.98. The van der Waals surface area contributed by atoms with Crippen molar-refractivity contribution in [2.75, 3.05) is 0 Å². The van der Waals surface area contributed by atoms with Crippen LogP contribution in [-0.2, 0) is 0 Å². The molecule has 0 amide bonds. The van der Waals surface area contributed by atoms with E-state index >= 15 is 0 Å². The Morgan fingerprint density at radius 1 is 1.00 bits per heavy atom. The molecule has 0 aliphatic heterocycles. The zero-order valence-corrected chi connectivity index (χ0v) is 9.79. The van der Waals surface area contributed by atoms with Crippen LogP contribution < -0.4 is 0 Å². The van der Waals surface area contributed by atoms with Crippen molar-refractivity contribution in [3.8, 4) is 17.1 Å². The molecule has 0 spiro atoms. The molecule has 3 nitrogen and oxygen atoms in total. The maximum Gasteiger partial charge on any atom is 0.233 e. The van der Waals surface area contributed by atoms with E-state index in [0.717, 1.165) is 6.07 Å². The van der Waals surface area contributed by atoms with Crippen molar-refractivity contribution in [3.63, 3.8) is 0 Å². The smallest absolute Gasteiger partial charge is 0.233 e. The Kier molecular flexibility index (Phi) is 2.79. The molecule has 0 aliphatic carbocycles. The van der Waals surface area contributed by atoms with Crippen LogP contribution in [0.5, 0.6) is 0 Å². The number of hydrogen-bond acceptors (Lipinski definition) is 2. The normalized spacial score (nSPS) is 10.6. The highest BCUT2D eigenvalue weighted by Gasteiger charge is 2.08. The summed E-state index contributed by atoms with van der Waals surface area (Å²) in [5, 5.41) is 0. The van der Waals surface area contributed by atoms with Crippen molar-refractivity contribution >= 4 is 0 Å². The van der Waals surface area contributed by atoms with Gasteiger partial charge < -0.3 is 0 Å². The Hall–Kier alpha value is -2.56. The molecule has 0 bridgehead atoms. The molecular formula is C14H9F2N3. The maximum absolute atomic E-state index is 13.7. The van der Waals surface area contributed by atoms with Crippen molar-refractivity contribution in [2.24, 2.45) is 0 Å². The van der Waals surface area contributed by atoms with Gasteiger partial charge in [0.1, 0.15) is 11.6 Å². The molecule has 94 valence electrons. The van der Waals surface area contributed by atoms with E-state index in [1.165, 1.54) is 12.1 Å². The molecule has 0 saturated heterocycles. The number of benzene rings is 1. The van der Waals surface area contributed by atoms with E-state index in [9.17, 15) is 8.78 Å². The molecule has 2 aromatic heterocycles. The molecule has 5 heteroatoms. The zero-order chi connectivity index (χ0) is 13.2. The molecule has 0 N–H and O–H groups in total. The lowest BCUT2D eigenvalue weighted by Gasteiger charge is -2.01. The third-order valence-corrected chi connectivity index (χ3v) is 2.72. The Morgan fingerprint density at radius 3 is 2.53 bits per heavy atom. The monoisotopic (exact) mass is 257 g/mol. The van der Waals surface area contributed by atoms with E-state index in [-0.39, 0.29) is 0 Å². The highest BCUT2D eigenvalue weighted by molar-refractivity contribution is 5.63. The molecular weight excluding hydrogens is 248 g/mol. The lowest BCUT2D eigenvalue weighted by molar-refractivity contribution is 0.585. The average Bonchev–Trinajstić information content (AvgIpc) is 2.89. The van der Waals surface area contributed by atoms with E-state index < -0.39 is 11.6 Å². The fourth-order valence-electron chi connectivity index (χ4n) is 1.83. The molecule has 0 radical (unpaired) electrons. The summed E-state index contributed by atoms with van der Waals surface area (Å²) in [7, 11) is 0. The predicted molar refractivity (Wildman–Crippen MR) is 66.7 cm³/mol. The van der Waals surface area contributed by atoms with Gasteiger partial charge in [0.25, 0.3) is 0 Å². The van der Waals surface area contributed by atoms with Gasteiger partial charge >= 0.3 is 0 Å². The van der Waals surface area contributed by atoms with E-state index in [4.69, 9.17) is 0 Å². The second-order valence-corrected chi connectivity index (χ2v) is 3.98. The summed E-state index contributed by atoms with van der Waals surface area (Å²) >= 11 is 0. The van der Waals surface area contributed by atoms with E-state index in [2.05, 4.69) is 9.97 Å². The number of hydrogen-bond donors (Lipinski definition) is 0. The molecule has 0 saturated carbocycles. The van der Waals surface area contributed by atoms with Crippen molar-refractivity contribution in [2.45, 2.75) is 0 Å². The van der Waals surface area contributed by atoms with E-state index in [1.807, 2.05) is 0 Å². The van der Waals surface area contributed by atoms with Gasteiger partial charge in [-0.1, -0.05) is 0 Å². The molecule has 1 aromatic carbocycles. The molecule has 2 heterocycles. The van der Waals surface area contributed by atoms with Gasteiger partial charge in [0.15, 0.2) is 0 Å². The number of halogens is 2. The first-order valence-corrected chi connectivity index (χ1v) is 5.65. The van der Waals surface area contributed by atoms with Crippen LogP contribution in [0.2, 0.25) is 0 Å². The summed E-state index contributed by atoms with van der Waals surface area (Å²) in [6.07, 6.45) is 6.68. The Morgan fingerprint density at radius 2 is 1.79 bits per heavy atom. The standard InChI is InChI=1S/C14H9F2N3/c15-11-2-3-12(13(16)8-11)10-4-7-19(9-10)14-17-5-1-6-18-14/h1-9H. The second kappa shape index (κ2) is 4.61. The number of nitrogens with zero attached hydrogens (tertiary/aromatic N) is 3. The van der Waals surface area contributed by atoms with Crippen LogP contribution in [-0.4, -0.2) is 14.5 Å². The van der Waals surface area contributed by atoms with Crippen LogP contribution in [0.1, 0.15) is 0 Å². The van der Waals surface area contributed by atoms with Crippen LogP contribution in [0.25, 0.3) is 17.1 Å². The first-order chi connectivity index (χ1) is 9.24. The minimum atomic E-state index is -0.591. The summed E-state index contributed by atoms with van der Waals surface area (Å²) in [4.78, 5) is 8.18. The molecule has 3 rings (SSSR count). The lowest BCUT2D eigenvalue weighted by atomic mass is 10.1. The summed E-state index contributed by atoms with van der Waals surface area (Å²) < 4.78 is 28.2. The van der Waals surface area contributed by atoms with Crippen LogP contribution in [0.4, 0.5) is 8.78 Å². The Balaban J connectivity index is 2.02. The average molecular weight is 257 g/mol. The molecule has 19 heavy (non-hydrogen) atoms. The topological polar surface area (TPSA) is 30.7 Å². The van der Waals surface area contributed by atoms with Crippen molar-refractivity contribution in [1.29, 1.82) is 0 Å². The number of rotatable bonds is 2. The third-order valence-electron chi connectivity index (χ3n) is 2.72. The SMILES string of the molecule is Fc1ccc(-c2ccn(-c3ncccn3)c2)c(F)c1. The molecule has 3 aromatic rings. The quantitative estimate of drug-likeness (QED) is 0.705. The van der Waals surface area contributed by atoms with Gasteiger partial charge in [-0.15, -0.1) is 0 Å². The Bertz CT molecular complexity index is 708.